The SMILES string of the molecule is Cc1cc(CC(=O)CC2CCCCC2)ccn1. The molecule has 1 aliphatic carbocycles. The molecule has 0 amide bonds. The van der Waals surface area contributed by atoms with E-state index in [0.29, 0.717) is 18.1 Å². The molecule has 92 valence electrons. The standard InChI is InChI=1S/C15H21NO/c1-12-9-14(7-8-16-12)11-15(17)10-13-5-3-2-4-6-13/h7-9,13H,2-6,10-11H2,1H3. The summed E-state index contributed by atoms with van der Waals surface area (Å²) in [5.41, 5.74) is 2.10. The Morgan fingerprint density at radius 1 is 1.35 bits per heavy atom. The number of hydrogen-bond acceptors (Lipinski definition) is 2. The molecule has 0 atom stereocenters. The maximum atomic E-state index is 12.0. The van der Waals surface area contributed by atoms with Gasteiger partial charge in [-0.15, -0.1) is 0 Å². The third-order valence-electron chi connectivity index (χ3n) is 3.60. The Morgan fingerprint density at radius 2 is 2.12 bits per heavy atom. The van der Waals surface area contributed by atoms with Gasteiger partial charge in [-0.2, -0.15) is 0 Å². The van der Waals surface area contributed by atoms with Crippen molar-refractivity contribution < 1.29 is 4.79 Å². The minimum atomic E-state index is 0.391. The predicted molar refractivity (Wildman–Crippen MR) is 68.9 cm³/mol. The van der Waals surface area contributed by atoms with Gasteiger partial charge in [0.2, 0.25) is 0 Å². The monoisotopic (exact) mass is 231 g/mol. The largest absolute Gasteiger partial charge is 0.299 e. The van der Waals surface area contributed by atoms with Gasteiger partial charge < -0.3 is 0 Å². The van der Waals surface area contributed by atoms with Crippen LogP contribution in [0.2, 0.25) is 0 Å². The summed E-state index contributed by atoms with van der Waals surface area (Å²) in [7, 11) is 0. The van der Waals surface area contributed by atoms with Crippen LogP contribution in [-0.2, 0) is 11.2 Å². The summed E-state index contributed by atoms with van der Waals surface area (Å²) in [4.78, 5) is 16.1. The normalized spacial score (nSPS) is 17.0. The highest BCUT2D eigenvalue weighted by Gasteiger charge is 2.17. The fourth-order valence-electron chi connectivity index (χ4n) is 2.73. The molecule has 0 aromatic carbocycles. The van der Waals surface area contributed by atoms with Crippen molar-refractivity contribution in [2.45, 2.75) is 51.9 Å². The van der Waals surface area contributed by atoms with Crippen LogP contribution in [0.5, 0.6) is 0 Å². The van der Waals surface area contributed by atoms with E-state index in [0.717, 1.165) is 17.7 Å². The predicted octanol–water partition coefficient (Wildman–Crippen LogP) is 3.47. The zero-order valence-corrected chi connectivity index (χ0v) is 10.6. The number of aryl methyl sites for hydroxylation is 1. The van der Waals surface area contributed by atoms with Crippen molar-refractivity contribution in [2.24, 2.45) is 5.92 Å². The van der Waals surface area contributed by atoms with Gasteiger partial charge in [0.15, 0.2) is 0 Å². The number of nitrogens with zero attached hydrogens (tertiary/aromatic N) is 1. The van der Waals surface area contributed by atoms with Crippen molar-refractivity contribution in [1.29, 1.82) is 0 Å². The van der Waals surface area contributed by atoms with Gasteiger partial charge in [0.1, 0.15) is 5.78 Å². The Kier molecular flexibility index (Phi) is 4.29. The van der Waals surface area contributed by atoms with E-state index in [4.69, 9.17) is 0 Å². The van der Waals surface area contributed by atoms with Crippen LogP contribution >= 0.6 is 0 Å². The molecule has 1 aromatic rings. The summed E-state index contributed by atoms with van der Waals surface area (Å²) in [6, 6.07) is 3.96. The van der Waals surface area contributed by atoms with E-state index >= 15 is 0 Å². The zero-order chi connectivity index (χ0) is 12.1. The Bertz CT molecular complexity index is 380. The molecule has 0 aliphatic heterocycles. The van der Waals surface area contributed by atoms with E-state index in [1.807, 2.05) is 19.1 Å². The van der Waals surface area contributed by atoms with Crippen molar-refractivity contribution in [3.63, 3.8) is 0 Å². The van der Waals surface area contributed by atoms with Gasteiger partial charge in [-0.25, -0.2) is 0 Å². The Morgan fingerprint density at radius 3 is 2.82 bits per heavy atom. The minimum absolute atomic E-state index is 0.391. The summed E-state index contributed by atoms with van der Waals surface area (Å²) < 4.78 is 0. The van der Waals surface area contributed by atoms with Gasteiger partial charge >= 0.3 is 0 Å². The summed E-state index contributed by atoms with van der Waals surface area (Å²) in [6.07, 6.45) is 9.63. The molecule has 2 heteroatoms. The Balaban J connectivity index is 1.84. The first kappa shape index (κ1) is 12.3. The number of hydrogen-bond donors (Lipinski definition) is 0. The fourth-order valence-corrected chi connectivity index (χ4v) is 2.73. The molecule has 0 radical (unpaired) electrons. The van der Waals surface area contributed by atoms with Gasteiger partial charge in [-0.05, 0) is 30.5 Å². The van der Waals surface area contributed by atoms with Crippen molar-refractivity contribution in [2.75, 3.05) is 0 Å². The van der Waals surface area contributed by atoms with Crippen molar-refractivity contribution in [1.82, 2.24) is 4.98 Å². The van der Waals surface area contributed by atoms with Gasteiger partial charge in [0, 0.05) is 24.7 Å². The van der Waals surface area contributed by atoms with Crippen LogP contribution in [0, 0.1) is 12.8 Å². The average Bonchev–Trinajstić information content (AvgIpc) is 2.30. The van der Waals surface area contributed by atoms with Gasteiger partial charge in [0.25, 0.3) is 0 Å². The molecular weight excluding hydrogens is 210 g/mol. The number of carbonyl (C=O) groups is 1. The molecule has 1 aromatic heterocycles. The molecule has 1 saturated carbocycles. The second-order valence-corrected chi connectivity index (χ2v) is 5.23. The van der Waals surface area contributed by atoms with E-state index in [1.54, 1.807) is 6.20 Å². The lowest BCUT2D eigenvalue weighted by molar-refractivity contribution is -0.119. The lowest BCUT2D eigenvalue weighted by Gasteiger charge is -2.20. The molecular formula is C15H21NO. The highest BCUT2D eigenvalue weighted by atomic mass is 16.1. The van der Waals surface area contributed by atoms with Crippen LogP contribution < -0.4 is 0 Å². The zero-order valence-electron chi connectivity index (χ0n) is 10.6. The number of ketones is 1. The van der Waals surface area contributed by atoms with E-state index < -0.39 is 0 Å². The van der Waals surface area contributed by atoms with Crippen LogP contribution in [0.25, 0.3) is 0 Å². The number of aromatic nitrogens is 1. The highest BCUT2D eigenvalue weighted by molar-refractivity contribution is 5.81. The van der Waals surface area contributed by atoms with E-state index in [-0.39, 0.29) is 0 Å². The van der Waals surface area contributed by atoms with Crippen molar-refractivity contribution in [3.8, 4) is 0 Å². The second-order valence-electron chi connectivity index (χ2n) is 5.23. The van der Waals surface area contributed by atoms with Crippen molar-refractivity contribution in [3.05, 3.63) is 29.6 Å². The Labute approximate surface area is 103 Å². The molecule has 0 bridgehead atoms. The number of Topliss-reactive ketones (excluding diaryl/α,β-unsaturated/α-hetero) is 1. The van der Waals surface area contributed by atoms with Crippen LogP contribution in [0.15, 0.2) is 18.3 Å². The third-order valence-corrected chi connectivity index (χ3v) is 3.60. The van der Waals surface area contributed by atoms with Gasteiger partial charge in [-0.3, -0.25) is 9.78 Å². The van der Waals surface area contributed by atoms with Crippen LogP contribution in [0.4, 0.5) is 0 Å². The van der Waals surface area contributed by atoms with Crippen LogP contribution in [0.1, 0.15) is 49.8 Å². The van der Waals surface area contributed by atoms with E-state index in [1.165, 1.54) is 32.1 Å². The highest BCUT2D eigenvalue weighted by Crippen LogP contribution is 2.26. The molecule has 1 aliphatic rings. The van der Waals surface area contributed by atoms with E-state index in [2.05, 4.69) is 4.98 Å². The van der Waals surface area contributed by atoms with Gasteiger partial charge in [-0.1, -0.05) is 32.1 Å². The topological polar surface area (TPSA) is 30.0 Å². The minimum Gasteiger partial charge on any atom is -0.299 e. The molecule has 0 unspecified atom stereocenters. The summed E-state index contributed by atoms with van der Waals surface area (Å²) in [5, 5.41) is 0. The van der Waals surface area contributed by atoms with Gasteiger partial charge in [0.05, 0.1) is 0 Å². The molecule has 1 heterocycles. The van der Waals surface area contributed by atoms with Crippen LogP contribution in [0.3, 0.4) is 0 Å². The molecule has 17 heavy (non-hydrogen) atoms. The average molecular weight is 231 g/mol. The fraction of sp³-hybridized carbons (Fsp3) is 0.600. The second kappa shape index (κ2) is 5.95. The maximum absolute atomic E-state index is 12.0. The molecule has 0 N–H and O–H groups in total. The van der Waals surface area contributed by atoms with Crippen LogP contribution in [-0.4, -0.2) is 10.8 Å². The number of pyridine rings is 1. The van der Waals surface area contributed by atoms with E-state index in [9.17, 15) is 4.79 Å². The summed E-state index contributed by atoms with van der Waals surface area (Å²) in [6.45, 7) is 1.97. The summed E-state index contributed by atoms with van der Waals surface area (Å²) >= 11 is 0. The lowest BCUT2D eigenvalue weighted by Crippen LogP contribution is -2.13. The smallest absolute Gasteiger partial charge is 0.137 e. The molecule has 2 rings (SSSR count). The molecule has 1 fully saturated rings. The number of carbonyl (C=O) groups excluding carboxylic acids is 1. The molecule has 0 saturated heterocycles. The van der Waals surface area contributed by atoms with Crippen molar-refractivity contribution >= 4 is 5.78 Å². The first-order valence-electron chi connectivity index (χ1n) is 6.67. The summed E-state index contributed by atoms with van der Waals surface area (Å²) in [5.74, 6) is 1.04. The first-order valence-corrected chi connectivity index (χ1v) is 6.67. The quantitative estimate of drug-likeness (QED) is 0.794. The molecule has 2 nitrogen and oxygen atoms in total. The maximum Gasteiger partial charge on any atom is 0.137 e. The third kappa shape index (κ3) is 3.95. The first-order chi connectivity index (χ1) is 8.24. The Hall–Kier alpha value is -1.18. The molecule has 0 spiro atoms. The number of rotatable bonds is 4. The lowest BCUT2D eigenvalue weighted by atomic mass is 9.85.